The van der Waals surface area contributed by atoms with Gasteiger partial charge in [-0.3, -0.25) is 24.4 Å². The summed E-state index contributed by atoms with van der Waals surface area (Å²) in [5.41, 5.74) is 2.45. The fourth-order valence-electron chi connectivity index (χ4n) is 4.34. The van der Waals surface area contributed by atoms with Gasteiger partial charge in [-0.05, 0) is 56.3 Å². The third kappa shape index (κ3) is 11.0. The summed E-state index contributed by atoms with van der Waals surface area (Å²) >= 11 is 0. The van der Waals surface area contributed by atoms with Gasteiger partial charge in [0.15, 0.2) is 5.78 Å². The Bertz CT molecular complexity index is 2070. The number of fused-ring (bicyclic) bond motifs is 1. The average molecular weight is 709 g/mol. The summed E-state index contributed by atoms with van der Waals surface area (Å²) < 4.78 is 14.8. The van der Waals surface area contributed by atoms with E-state index in [1.165, 1.54) is 25.4 Å². The zero-order chi connectivity index (χ0) is 38.4. The molecule has 0 radical (unpaired) electrons. The maximum atomic E-state index is 11.9. The Morgan fingerprint density at radius 3 is 2.06 bits per heavy atom. The van der Waals surface area contributed by atoms with Gasteiger partial charge in [-0.15, -0.1) is 0 Å². The van der Waals surface area contributed by atoms with Crippen LogP contribution in [0.3, 0.4) is 0 Å². The van der Waals surface area contributed by atoms with Crippen molar-refractivity contribution in [3.05, 3.63) is 108 Å². The molecule has 1 amide bonds. The number of rotatable bonds is 9. The maximum Gasteiger partial charge on any atom is 0.379 e. The largest absolute Gasteiger partial charge is 0.497 e. The fraction of sp³-hybridized carbons (Fsp3) is 0.231. The number of carboxylic acids is 1. The van der Waals surface area contributed by atoms with Crippen molar-refractivity contribution in [2.45, 2.75) is 34.6 Å². The van der Waals surface area contributed by atoms with E-state index < -0.39 is 23.1 Å². The van der Waals surface area contributed by atoms with Crippen LogP contribution in [0.1, 0.15) is 65.7 Å². The highest BCUT2D eigenvalue weighted by molar-refractivity contribution is 6.42. The van der Waals surface area contributed by atoms with E-state index in [4.69, 9.17) is 9.47 Å². The van der Waals surface area contributed by atoms with Crippen molar-refractivity contribution in [2.24, 2.45) is 5.41 Å². The fourth-order valence-corrected chi connectivity index (χ4v) is 4.34. The Balaban J connectivity index is 0.000000221. The molecule has 0 aliphatic heterocycles. The highest BCUT2D eigenvalue weighted by Crippen LogP contribution is 2.27. The molecule has 0 unspecified atom stereocenters. The number of carboxylic acid groups (broad SMARTS) is 1. The Morgan fingerprint density at radius 1 is 0.808 bits per heavy atom. The van der Waals surface area contributed by atoms with Gasteiger partial charge in [0.2, 0.25) is 5.91 Å². The number of esters is 1. The average Bonchev–Trinajstić information content (AvgIpc) is 3.14. The molecular formula is C39H40N4O9. The smallest absolute Gasteiger partial charge is 0.379 e. The number of methoxy groups -OCH3 is 2. The highest BCUT2D eigenvalue weighted by atomic mass is 16.5. The lowest BCUT2D eigenvalue weighted by molar-refractivity contribution is -0.137. The lowest BCUT2D eigenvalue weighted by atomic mass is 9.95. The molecule has 0 atom stereocenters. The zero-order valence-corrected chi connectivity index (χ0v) is 29.9. The number of nitrogens with one attached hydrogen (secondary N) is 1. The molecule has 0 aliphatic carbocycles. The second kappa shape index (κ2) is 18.5. The molecular weight excluding hydrogens is 668 g/mol. The topological polar surface area (TPSA) is 184 Å². The molecule has 0 saturated carbocycles. The zero-order valence-electron chi connectivity index (χ0n) is 29.9. The SMILES string of the molecule is CCOC(=O)C(=O)c1ccncc1NC(=O)C(C)(C)C.COc1cccc(-c2cc(C(=O)O)c3ccncc3n2)c1.COc1cccc(C(C)=O)c1. The predicted molar refractivity (Wildman–Crippen MR) is 195 cm³/mol. The minimum absolute atomic E-state index is 0.0592. The molecule has 3 heterocycles. The van der Waals surface area contributed by atoms with Crippen molar-refractivity contribution in [3.63, 3.8) is 0 Å². The second-order valence-electron chi connectivity index (χ2n) is 11.9. The summed E-state index contributed by atoms with van der Waals surface area (Å²) in [6.45, 7) is 8.48. The normalized spacial score (nSPS) is 10.4. The van der Waals surface area contributed by atoms with Crippen LogP contribution >= 0.6 is 0 Å². The molecule has 0 fully saturated rings. The van der Waals surface area contributed by atoms with Crippen LogP contribution in [0.5, 0.6) is 11.5 Å². The van der Waals surface area contributed by atoms with E-state index >= 15 is 0 Å². The van der Waals surface area contributed by atoms with Crippen LogP contribution in [0.25, 0.3) is 22.2 Å². The molecule has 5 aromatic rings. The van der Waals surface area contributed by atoms with Crippen LogP contribution in [0.2, 0.25) is 0 Å². The summed E-state index contributed by atoms with van der Waals surface area (Å²) in [5, 5.41) is 12.6. The van der Waals surface area contributed by atoms with Crippen molar-refractivity contribution in [1.82, 2.24) is 15.0 Å². The van der Waals surface area contributed by atoms with E-state index in [1.54, 1.807) is 84.6 Å². The first-order valence-corrected chi connectivity index (χ1v) is 15.9. The van der Waals surface area contributed by atoms with Crippen LogP contribution in [-0.2, 0) is 14.3 Å². The molecule has 13 heteroatoms. The molecule has 2 aromatic carbocycles. The predicted octanol–water partition coefficient (Wildman–Crippen LogP) is 6.71. The molecule has 52 heavy (non-hydrogen) atoms. The highest BCUT2D eigenvalue weighted by Gasteiger charge is 2.26. The molecule has 270 valence electrons. The monoisotopic (exact) mass is 708 g/mol. The van der Waals surface area contributed by atoms with Gasteiger partial charge in [-0.25, -0.2) is 14.6 Å². The standard InChI is InChI=1S/C16H12N2O3.C14H18N2O4.C9H10O2/c1-21-11-4-2-3-10(7-11)14-8-13(16(19)20)12-5-6-17-9-15(12)18-14;1-5-20-12(18)11(17)9-6-7-15-8-10(9)16-13(19)14(2,3)4;1-7(10)8-4-3-5-9(6-8)11-2/h2-9H,1H3,(H,19,20);6-8H,5H2,1-4H3,(H,16,19);3-6H,1-2H3. The Kier molecular flexibility index (Phi) is 14.2. The number of ether oxygens (including phenoxy) is 3. The third-order valence-electron chi connectivity index (χ3n) is 7.14. The molecule has 0 saturated heterocycles. The Morgan fingerprint density at radius 2 is 1.44 bits per heavy atom. The van der Waals surface area contributed by atoms with Gasteiger partial charge in [0.25, 0.3) is 5.78 Å². The molecule has 3 aromatic heterocycles. The van der Waals surface area contributed by atoms with E-state index in [-0.39, 0.29) is 35.1 Å². The number of benzene rings is 2. The van der Waals surface area contributed by atoms with Gasteiger partial charge in [-0.1, -0.05) is 45.0 Å². The maximum absolute atomic E-state index is 11.9. The van der Waals surface area contributed by atoms with Crippen molar-refractivity contribution in [3.8, 4) is 22.8 Å². The molecule has 0 spiro atoms. The number of hydrogen-bond acceptors (Lipinski definition) is 11. The van der Waals surface area contributed by atoms with Gasteiger partial charge in [-0.2, -0.15) is 0 Å². The minimum atomic E-state index is -0.988. The van der Waals surface area contributed by atoms with Gasteiger partial charge >= 0.3 is 11.9 Å². The summed E-state index contributed by atoms with van der Waals surface area (Å²) in [6.07, 6.45) is 5.82. The number of aromatic carboxylic acids is 1. The van der Waals surface area contributed by atoms with E-state index in [0.717, 1.165) is 11.3 Å². The number of Topliss-reactive ketones (excluding diaryl/α,β-unsaturated/α-hetero) is 2. The van der Waals surface area contributed by atoms with Crippen molar-refractivity contribution in [1.29, 1.82) is 0 Å². The van der Waals surface area contributed by atoms with E-state index in [9.17, 15) is 29.1 Å². The molecule has 0 bridgehead atoms. The number of carbonyl (C=O) groups excluding carboxylic acids is 4. The van der Waals surface area contributed by atoms with Gasteiger partial charge in [0, 0.05) is 34.3 Å². The van der Waals surface area contributed by atoms with E-state index in [2.05, 4.69) is 25.0 Å². The molecule has 5 rings (SSSR count). The Labute approximate surface area is 301 Å². The van der Waals surface area contributed by atoms with Crippen LogP contribution < -0.4 is 14.8 Å². The number of amides is 1. The number of ketones is 2. The summed E-state index contributed by atoms with van der Waals surface area (Å²) in [5.74, 6) is -1.55. The first kappa shape index (κ1) is 39.9. The summed E-state index contributed by atoms with van der Waals surface area (Å²) in [4.78, 5) is 70.0. The van der Waals surface area contributed by atoms with Crippen molar-refractivity contribution < 1.29 is 43.3 Å². The van der Waals surface area contributed by atoms with Crippen LogP contribution in [0, 0.1) is 5.41 Å². The number of carbonyl (C=O) groups is 5. The lowest BCUT2D eigenvalue weighted by Gasteiger charge is -2.18. The number of anilines is 1. The summed E-state index contributed by atoms with van der Waals surface area (Å²) in [7, 11) is 3.17. The number of nitrogens with zero attached hydrogens (tertiary/aromatic N) is 3. The third-order valence-corrected chi connectivity index (χ3v) is 7.14. The molecule has 2 N–H and O–H groups in total. The van der Waals surface area contributed by atoms with Gasteiger partial charge < -0.3 is 24.6 Å². The first-order chi connectivity index (χ1) is 24.7. The Hall–Kier alpha value is -6.50. The van der Waals surface area contributed by atoms with Crippen molar-refractivity contribution in [2.75, 3.05) is 26.1 Å². The number of pyridine rings is 3. The summed E-state index contributed by atoms with van der Waals surface area (Å²) in [6, 6.07) is 19.0. The van der Waals surface area contributed by atoms with Gasteiger partial charge in [0.05, 0.1) is 61.2 Å². The van der Waals surface area contributed by atoms with E-state index in [1.807, 2.05) is 30.3 Å². The second-order valence-corrected chi connectivity index (χ2v) is 11.9. The van der Waals surface area contributed by atoms with E-state index in [0.29, 0.717) is 27.9 Å². The number of aromatic nitrogens is 3. The van der Waals surface area contributed by atoms with Gasteiger partial charge in [0.1, 0.15) is 11.5 Å². The lowest BCUT2D eigenvalue weighted by Crippen LogP contribution is -2.29. The van der Waals surface area contributed by atoms with Crippen LogP contribution in [0.15, 0.2) is 91.5 Å². The first-order valence-electron chi connectivity index (χ1n) is 15.9. The molecule has 0 aliphatic rings. The van der Waals surface area contributed by atoms with Crippen molar-refractivity contribution >= 4 is 46.0 Å². The minimum Gasteiger partial charge on any atom is -0.497 e. The van der Waals surface area contributed by atoms with Crippen LogP contribution in [0.4, 0.5) is 5.69 Å². The quantitative estimate of drug-likeness (QED) is 0.0938. The number of hydrogen-bond donors (Lipinski definition) is 2. The molecule has 13 nitrogen and oxygen atoms in total. The van der Waals surface area contributed by atoms with Crippen LogP contribution in [-0.4, -0.2) is 70.3 Å².